The average Bonchev–Trinajstić information content (AvgIpc) is 2.43. The standard InChI is InChI=1S/C7H13/c1-3-6-5-7(6)4-2/h6-7H,1,3-5H2,2H3. The van der Waals surface area contributed by atoms with Crippen molar-refractivity contribution in [2.75, 3.05) is 0 Å². The third-order valence-electron chi connectivity index (χ3n) is 1.96. The van der Waals surface area contributed by atoms with E-state index in [2.05, 4.69) is 13.8 Å². The maximum atomic E-state index is 3.85. The highest BCUT2D eigenvalue weighted by molar-refractivity contribution is 4.84. The van der Waals surface area contributed by atoms with Gasteiger partial charge >= 0.3 is 0 Å². The average molecular weight is 97.2 g/mol. The Bertz CT molecular complexity index is 49.1. The second-order valence-electron chi connectivity index (χ2n) is 2.45. The zero-order chi connectivity index (χ0) is 5.28. The van der Waals surface area contributed by atoms with Crippen LogP contribution in [-0.4, -0.2) is 0 Å². The molecule has 0 heterocycles. The van der Waals surface area contributed by atoms with E-state index >= 15 is 0 Å². The molecule has 0 nitrogen and oxygen atoms in total. The molecule has 0 N–H and O–H groups in total. The molecule has 1 aliphatic carbocycles. The van der Waals surface area contributed by atoms with Gasteiger partial charge in [-0.2, -0.15) is 0 Å². The molecule has 41 valence electrons. The minimum Gasteiger partial charge on any atom is -0.0651 e. The highest BCUT2D eigenvalue weighted by Crippen LogP contribution is 2.42. The van der Waals surface area contributed by atoms with Crippen molar-refractivity contribution in [1.82, 2.24) is 0 Å². The van der Waals surface area contributed by atoms with Gasteiger partial charge in [0.05, 0.1) is 0 Å². The molecule has 0 saturated heterocycles. The fraction of sp³-hybridized carbons (Fsp3) is 0.857. The van der Waals surface area contributed by atoms with Gasteiger partial charge in [0, 0.05) is 0 Å². The third kappa shape index (κ3) is 0.960. The van der Waals surface area contributed by atoms with Gasteiger partial charge in [-0.15, -0.1) is 0 Å². The van der Waals surface area contributed by atoms with Crippen molar-refractivity contribution in [3.8, 4) is 0 Å². The first-order chi connectivity index (χ1) is 3.38. The van der Waals surface area contributed by atoms with Crippen molar-refractivity contribution in [2.45, 2.75) is 26.2 Å². The van der Waals surface area contributed by atoms with Crippen LogP contribution in [0.5, 0.6) is 0 Å². The Morgan fingerprint density at radius 2 is 2.29 bits per heavy atom. The van der Waals surface area contributed by atoms with Crippen LogP contribution >= 0.6 is 0 Å². The van der Waals surface area contributed by atoms with E-state index in [0.717, 1.165) is 11.8 Å². The van der Waals surface area contributed by atoms with E-state index in [0.29, 0.717) is 0 Å². The Labute approximate surface area is 45.9 Å². The maximum absolute atomic E-state index is 3.85. The van der Waals surface area contributed by atoms with E-state index in [-0.39, 0.29) is 0 Å². The Morgan fingerprint density at radius 3 is 2.43 bits per heavy atom. The molecule has 0 aromatic carbocycles. The SMILES string of the molecule is [CH2]CC1CC1CC. The minimum atomic E-state index is 1.00. The predicted molar refractivity (Wildman–Crippen MR) is 31.9 cm³/mol. The molecule has 0 bridgehead atoms. The summed E-state index contributed by atoms with van der Waals surface area (Å²) in [5.41, 5.74) is 0. The molecule has 0 aliphatic heterocycles. The summed E-state index contributed by atoms with van der Waals surface area (Å²) in [4.78, 5) is 0. The summed E-state index contributed by atoms with van der Waals surface area (Å²) in [5, 5.41) is 0. The Balaban J connectivity index is 2.06. The lowest BCUT2D eigenvalue weighted by Gasteiger charge is -1.85. The molecular weight excluding hydrogens is 84.1 g/mol. The van der Waals surface area contributed by atoms with E-state index in [1.807, 2.05) is 0 Å². The van der Waals surface area contributed by atoms with Crippen LogP contribution in [-0.2, 0) is 0 Å². The molecule has 0 amide bonds. The molecule has 0 heteroatoms. The van der Waals surface area contributed by atoms with Gasteiger partial charge in [-0.1, -0.05) is 26.7 Å². The molecular formula is C7H13. The van der Waals surface area contributed by atoms with Crippen molar-refractivity contribution in [3.05, 3.63) is 6.92 Å². The van der Waals surface area contributed by atoms with Crippen LogP contribution in [0.25, 0.3) is 0 Å². The first-order valence-corrected chi connectivity index (χ1v) is 3.17. The summed E-state index contributed by atoms with van der Waals surface area (Å²) in [6, 6.07) is 0. The van der Waals surface area contributed by atoms with E-state index in [9.17, 15) is 0 Å². The predicted octanol–water partition coefficient (Wildman–Crippen LogP) is 2.26. The minimum absolute atomic E-state index is 1.00. The molecule has 7 heavy (non-hydrogen) atoms. The van der Waals surface area contributed by atoms with E-state index in [1.54, 1.807) is 0 Å². The van der Waals surface area contributed by atoms with Crippen LogP contribution in [0, 0.1) is 18.8 Å². The smallest absolute Gasteiger partial charge is 0.0383 e. The van der Waals surface area contributed by atoms with Crippen molar-refractivity contribution in [3.63, 3.8) is 0 Å². The highest BCUT2D eigenvalue weighted by atomic mass is 14.4. The lowest BCUT2D eigenvalue weighted by atomic mass is 10.2. The molecule has 0 aromatic heterocycles. The molecule has 0 spiro atoms. The fourth-order valence-corrected chi connectivity index (χ4v) is 1.16. The van der Waals surface area contributed by atoms with Gasteiger partial charge in [-0.25, -0.2) is 0 Å². The lowest BCUT2D eigenvalue weighted by molar-refractivity contribution is 0.686. The van der Waals surface area contributed by atoms with Crippen LogP contribution < -0.4 is 0 Å². The fourth-order valence-electron chi connectivity index (χ4n) is 1.16. The Morgan fingerprint density at radius 1 is 1.57 bits per heavy atom. The van der Waals surface area contributed by atoms with Gasteiger partial charge in [0.25, 0.3) is 0 Å². The van der Waals surface area contributed by atoms with Crippen LogP contribution in [0.1, 0.15) is 26.2 Å². The van der Waals surface area contributed by atoms with Crippen molar-refractivity contribution >= 4 is 0 Å². The maximum Gasteiger partial charge on any atom is -0.0383 e. The number of hydrogen-bond acceptors (Lipinski definition) is 0. The Hall–Kier alpha value is 0. The van der Waals surface area contributed by atoms with Crippen LogP contribution in [0.4, 0.5) is 0 Å². The summed E-state index contributed by atoms with van der Waals surface area (Å²) < 4.78 is 0. The molecule has 1 fully saturated rings. The van der Waals surface area contributed by atoms with Gasteiger partial charge in [0.15, 0.2) is 0 Å². The van der Waals surface area contributed by atoms with Gasteiger partial charge in [0.2, 0.25) is 0 Å². The molecule has 1 saturated carbocycles. The summed E-state index contributed by atoms with van der Waals surface area (Å²) in [5.74, 6) is 2.06. The van der Waals surface area contributed by atoms with Crippen molar-refractivity contribution < 1.29 is 0 Å². The topological polar surface area (TPSA) is 0 Å². The van der Waals surface area contributed by atoms with E-state index in [1.165, 1.54) is 19.3 Å². The van der Waals surface area contributed by atoms with E-state index in [4.69, 9.17) is 0 Å². The quantitative estimate of drug-likeness (QED) is 0.495. The summed E-state index contributed by atoms with van der Waals surface area (Å²) in [6.07, 6.45) is 4.00. The second-order valence-corrected chi connectivity index (χ2v) is 2.45. The molecule has 1 radical (unpaired) electrons. The van der Waals surface area contributed by atoms with Crippen LogP contribution in [0.3, 0.4) is 0 Å². The zero-order valence-electron chi connectivity index (χ0n) is 4.98. The zero-order valence-corrected chi connectivity index (χ0v) is 4.98. The van der Waals surface area contributed by atoms with Crippen molar-refractivity contribution in [1.29, 1.82) is 0 Å². The van der Waals surface area contributed by atoms with Gasteiger partial charge in [0.1, 0.15) is 0 Å². The van der Waals surface area contributed by atoms with Crippen LogP contribution in [0.2, 0.25) is 0 Å². The van der Waals surface area contributed by atoms with Gasteiger partial charge in [-0.3, -0.25) is 0 Å². The van der Waals surface area contributed by atoms with Crippen LogP contribution in [0.15, 0.2) is 0 Å². The lowest BCUT2D eigenvalue weighted by Crippen LogP contribution is -1.74. The molecule has 0 aromatic rings. The molecule has 1 aliphatic rings. The normalized spacial score (nSPS) is 38.6. The molecule has 2 unspecified atom stereocenters. The van der Waals surface area contributed by atoms with Crippen molar-refractivity contribution in [2.24, 2.45) is 11.8 Å². The number of rotatable bonds is 2. The van der Waals surface area contributed by atoms with E-state index < -0.39 is 0 Å². The Kier molecular flexibility index (Phi) is 1.36. The van der Waals surface area contributed by atoms with Gasteiger partial charge in [-0.05, 0) is 18.3 Å². The third-order valence-corrected chi connectivity index (χ3v) is 1.96. The first-order valence-electron chi connectivity index (χ1n) is 3.17. The summed E-state index contributed by atoms with van der Waals surface area (Å²) in [6.45, 7) is 6.11. The number of hydrogen-bond donors (Lipinski definition) is 0. The largest absolute Gasteiger partial charge is 0.0651 e. The summed E-state index contributed by atoms with van der Waals surface area (Å²) in [7, 11) is 0. The van der Waals surface area contributed by atoms with Gasteiger partial charge < -0.3 is 0 Å². The second kappa shape index (κ2) is 1.85. The first kappa shape index (κ1) is 5.14. The summed E-state index contributed by atoms with van der Waals surface area (Å²) >= 11 is 0. The molecule has 2 atom stereocenters. The molecule has 1 rings (SSSR count). The highest BCUT2D eigenvalue weighted by Gasteiger charge is 2.32. The monoisotopic (exact) mass is 97.1 g/mol.